The molecule has 0 saturated heterocycles. The van der Waals surface area contributed by atoms with Crippen molar-refractivity contribution in [3.8, 4) is 0 Å². The summed E-state index contributed by atoms with van der Waals surface area (Å²) in [5, 5.41) is 0. The Morgan fingerprint density at radius 3 is 2.17 bits per heavy atom. The van der Waals surface area contributed by atoms with Gasteiger partial charge in [0.05, 0.1) is 0 Å². The molecular weight excluding hydrogens is 140 g/mol. The normalized spacial score (nSPS) is 9.33. The topological polar surface area (TPSA) is 12.4 Å². The molecule has 0 N–H and O–H groups in total. The maximum atomic E-state index is 5.28. The van der Waals surface area contributed by atoms with Crippen LogP contribution in [0.2, 0.25) is 0 Å². The highest BCUT2D eigenvalue weighted by atomic mass is 35.9. The quantitative estimate of drug-likeness (QED) is 0.504. The lowest BCUT2D eigenvalue weighted by Crippen LogP contribution is -1.53. The molecule has 0 fully saturated rings. The zero-order chi connectivity index (χ0) is 4.99. The molecule has 0 aliphatic carbocycles. The van der Waals surface area contributed by atoms with Gasteiger partial charge < -0.3 is 0 Å². The van der Waals surface area contributed by atoms with Gasteiger partial charge >= 0.3 is 0 Å². The van der Waals surface area contributed by atoms with E-state index in [4.69, 9.17) is 22.5 Å². The molecule has 0 spiro atoms. The molecule has 6 heavy (non-hydrogen) atoms. The summed E-state index contributed by atoms with van der Waals surface area (Å²) >= 11 is 10.6. The second-order valence-electron chi connectivity index (χ2n) is 0.715. The molecule has 0 unspecified atom stereocenters. The van der Waals surface area contributed by atoms with Gasteiger partial charge in [-0.15, -0.1) is 0 Å². The van der Waals surface area contributed by atoms with Crippen molar-refractivity contribution in [3.05, 3.63) is 0 Å². The lowest BCUT2D eigenvalue weighted by Gasteiger charge is -1.77. The number of halogens is 2. The summed E-state index contributed by atoms with van der Waals surface area (Å²) in [6.45, 7) is 2.65. The van der Waals surface area contributed by atoms with Crippen molar-refractivity contribution in [2.75, 3.05) is 6.54 Å². The van der Waals surface area contributed by atoms with Gasteiger partial charge in [-0.2, -0.15) is 0 Å². The van der Waals surface area contributed by atoms with E-state index < -0.39 is 6.42 Å². The zero-order valence-corrected chi connectivity index (χ0v) is 5.92. The van der Waals surface area contributed by atoms with Crippen molar-refractivity contribution in [1.82, 2.24) is 0 Å². The van der Waals surface area contributed by atoms with E-state index in [0.717, 1.165) is 6.54 Å². The lowest BCUT2D eigenvalue weighted by molar-refractivity contribution is 1.16. The minimum atomic E-state index is -1.32. The largest absolute Gasteiger partial charge is 0.276 e. The SMILES string of the molecule is CCN=[PH](Cl)Cl. The molecule has 38 valence electrons. The number of nitrogens with zero attached hydrogens (tertiary/aromatic N) is 1. The Morgan fingerprint density at radius 1 is 1.67 bits per heavy atom. The van der Waals surface area contributed by atoms with Crippen molar-refractivity contribution in [3.63, 3.8) is 0 Å². The molecular formula is C2H6Cl2NP. The van der Waals surface area contributed by atoms with Crippen LogP contribution in [0.4, 0.5) is 0 Å². The Labute approximate surface area is 47.7 Å². The van der Waals surface area contributed by atoms with Crippen LogP contribution in [0.5, 0.6) is 0 Å². The van der Waals surface area contributed by atoms with Crippen LogP contribution in [-0.2, 0) is 0 Å². The smallest absolute Gasteiger partial charge is 0.125 e. The second-order valence-corrected chi connectivity index (χ2v) is 4.24. The van der Waals surface area contributed by atoms with Crippen molar-refractivity contribution in [1.29, 1.82) is 0 Å². The molecule has 0 aromatic rings. The fourth-order valence-corrected chi connectivity index (χ4v) is 1.08. The van der Waals surface area contributed by atoms with Crippen LogP contribution in [0.15, 0.2) is 4.74 Å². The Kier molecular flexibility index (Phi) is 4.52. The van der Waals surface area contributed by atoms with Gasteiger partial charge in [0.2, 0.25) is 0 Å². The highest BCUT2D eigenvalue weighted by Gasteiger charge is 1.71. The summed E-state index contributed by atoms with van der Waals surface area (Å²) in [7, 11) is 0. The summed E-state index contributed by atoms with van der Waals surface area (Å²) in [5.74, 6) is 0. The van der Waals surface area contributed by atoms with E-state index in [1.54, 1.807) is 0 Å². The monoisotopic (exact) mass is 145 g/mol. The Morgan fingerprint density at radius 2 is 2.17 bits per heavy atom. The van der Waals surface area contributed by atoms with E-state index in [1.807, 2.05) is 6.92 Å². The summed E-state index contributed by atoms with van der Waals surface area (Å²) in [4.78, 5) is 0. The van der Waals surface area contributed by atoms with E-state index in [2.05, 4.69) is 4.74 Å². The van der Waals surface area contributed by atoms with Crippen LogP contribution >= 0.6 is 28.9 Å². The van der Waals surface area contributed by atoms with E-state index in [0.29, 0.717) is 0 Å². The van der Waals surface area contributed by atoms with Gasteiger partial charge in [-0.1, -0.05) is 22.5 Å². The first kappa shape index (κ1) is 6.81. The Bertz CT molecular complexity index is 58.6. The van der Waals surface area contributed by atoms with Gasteiger partial charge in [0.1, 0.15) is 6.42 Å². The van der Waals surface area contributed by atoms with Gasteiger partial charge in [-0.3, -0.25) is 4.74 Å². The fraction of sp³-hybridized carbons (Fsp3) is 1.00. The van der Waals surface area contributed by atoms with Crippen LogP contribution in [-0.4, -0.2) is 6.54 Å². The zero-order valence-electron chi connectivity index (χ0n) is 3.41. The van der Waals surface area contributed by atoms with Gasteiger partial charge in [0.25, 0.3) is 0 Å². The molecule has 0 radical (unpaired) electrons. The van der Waals surface area contributed by atoms with Crippen LogP contribution in [0.3, 0.4) is 0 Å². The third-order valence-electron chi connectivity index (χ3n) is 0.278. The lowest BCUT2D eigenvalue weighted by atomic mass is 10.8. The summed E-state index contributed by atoms with van der Waals surface area (Å²) < 4.78 is 3.76. The van der Waals surface area contributed by atoms with Gasteiger partial charge in [0, 0.05) is 6.54 Å². The van der Waals surface area contributed by atoms with Gasteiger partial charge in [-0.05, 0) is 6.92 Å². The second kappa shape index (κ2) is 3.98. The molecule has 0 amide bonds. The summed E-state index contributed by atoms with van der Waals surface area (Å²) in [6, 6.07) is 0. The molecule has 0 rings (SSSR count). The number of rotatable bonds is 1. The molecule has 4 heteroatoms. The van der Waals surface area contributed by atoms with E-state index in [-0.39, 0.29) is 0 Å². The predicted octanol–water partition coefficient (Wildman–Crippen LogP) is 2.71. The average molecular weight is 146 g/mol. The van der Waals surface area contributed by atoms with Gasteiger partial charge in [0.15, 0.2) is 0 Å². The number of hydrogen-bond donors (Lipinski definition) is 0. The molecule has 0 aliphatic rings. The third-order valence-corrected chi connectivity index (χ3v) is 1.55. The average Bonchev–Trinajstić information content (AvgIpc) is 1.35. The molecule has 0 aromatic carbocycles. The van der Waals surface area contributed by atoms with Crippen molar-refractivity contribution in [2.24, 2.45) is 4.74 Å². The minimum absolute atomic E-state index is 0.737. The first-order chi connectivity index (χ1) is 2.77. The Balaban J connectivity index is 3.14. The fourth-order valence-electron chi connectivity index (χ4n) is 0.120. The molecule has 0 bridgehead atoms. The summed E-state index contributed by atoms with van der Waals surface area (Å²) in [6.07, 6.45) is -1.32. The molecule has 0 aromatic heterocycles. The van der Waals surface area contributed by atoms with Crippen molar-refractivity contribution >= 4 is 28.9 Å². The van der Waals surface area contributed by atoms with Crippen LogP contribution in [0.25, 0.3) is 0 Å². The third kappa shape index (κ3) is 4.81. The van der Waals surface area contributed by atoms with E-state index in [9.17, 15) is 0 Å². The molecule has 0 heterocycles. The van der Waals surface area contributed by atoms with E-state index >= 15 is 0 Å². The first-order valence-corrected chi connectivity index (χ1v) is 5.10. The first-order valence-electron chi connectivity index (χ1n) is 1.62. The highest BCUT2D eigenvalue weighted by molar-refractivity contribution is 7.96. The van der Waals surface area contributed by atoms with Crippen LogP contribution in [0.1, 0.15) is 6.92 Å². The molecule has 0 atom stereocenters. The van der Waals surface area contributed by atoms with Crippen molar-refractivity contribution in [2.45, 2.75) is 6.92 Å². The predicted molar refractivity (Wildman–Crippen MR) is 33.0 cm³/mol. The van der Waals surface area contributed by atoms with Crippen LogP contribution in [0, 0.1) is 0 Å². The maximum Gasteiger partial charge on any atom is 0.125 e. The van der Waals surface area contributed by atoms with Crippen molar-refractivity contribution < 1.29 is 0 Å². The number of hydrogen-bond acceptors (Lipinski definition) is 1. The van der Waals surface area contributed by atoms with Gasteiger partial charge in [-0.25, -0.2) is 0 Å². The minimum Gasteiger partial charge on any atom is -0.276 e. The van der Waals surface area contributed by atoms with E-state index in [1.165, 1.54) is 0 Å². The Hall–Kier alpha value is 0.810. The molecule has 0 saturated carbocycles. The van der Waals surface area contributed by atoms with Crippen LogP contribution < -0.4 is 0 Å². The summed E-state index contributed by atoms with van der Waals surface area (Å²) in [5.41, 5.74) is 0. The molecule has 1 nitrogen and oxygen atoms in total. The standard InChI is InChI=1S/C2H6Cl2NP/c1-2-5-6(3)4/h6H,2H2,1H3. The highest BCUT2D eigenvalue weighted by Crippen LogP contribution is 2.36. The maximum absolute atomic E-state index is 5.28. The molecule has 0 aliphatic heterocycles.